The van der Waals surface area contributed by atoms with E-state index in [4.69, 9.17) is 5.73 Å². The topological polar surface area (TPSA) is 106 Å². The first-order valence-electron chi connectivity index (χ1n) is 9.35. The Morgan fingerprint density at radius 3 is 2.96 bits per heavy atom. The van der Waals surface area contributed by atoms with E-state index in [1.165, 1.54) is 0 Å². The number of likely N-dealkylation sites (tertiary alicyclic amines) is 1. The van der Waals surface area contributed by atoms with Gasteiger partial charge in [0.1, 0.15) is 0 Å². The van der Waals surface area contributed by atoms with Crippen LogP contribution in [0.15, 0.2) is 30.5 Å². The third kappa shape index (κ3) is 4.71. The molecule has 8 heteroatoms. The summed E-state index contributed by atoms with van der Waals surface area (Å²) >= 11 is 0. The van der Waals surface area contributed by atoms with E-state index in [-0.39, 0.29) is 17.9 Å². The van der Waals surface area contributed by atoms with Crippen LogP contribution in [-0.4, -0.2) is 57.4 Å². The lowest BCUT2D eigenvalue weighted by atomic mass is 10.0. The van der Waals surface area contributed by atoms with E-state index in [9.17, 15) is 9.59 Å². The molecule has 0 saturated carbocycles. The zero-order valence-electron chi connectivity index (χ0n) is 15.6. The minimum atomic E-state index is -0.147. The molecule has 8 nitrogen and oxygen atoms in total. The molecule has 2 heterocycles. The number of carbonyl (C=O) groups is 2. The Bertz CT molecular complexity index is 803. The first-order valence-corrected chi connectivity index (χ1v) is 9.35. The number of hydrogen-bond acceptors (Lipinski definition) is 5. The Labute approximate surface area is 158 Å². The monoisotopic (exact) mass is 370 g/mol. The van der Waals surface area contributed by atoms with Crippen LogP contribution >= 0.6 is 0 Å². The molecule has 1 aliphatic heterocycles. The Morgan fingerprint density at radius 2 is 2.19 bits per heavy atom. The number of rotatable bonds is 6. The first-order chi connectivity index (χ1) is 13.1. The number of nitrogens with one attached hydrogen (secondary N) is 1. The Morgan fingerprint density at radius 1 is 1.33 bits per heavy atom. The second kappa shape index (κ2) is 8.77. The number of nitrogens with two attached hydrogens (primary N) is 1. The van der Waals surface area contributed by atoms with E-state index >= 15 is 0 Å². The smallest absolute Gasteiger partial charge is 0.276 e. The van der Waals surface area contributed by atoms with Crippen molar-refractivity contribution < 1.29 is 9.59 Å². The Hall–Kier alpha value is -2.74. The molecule has 2 amide bonds. The summed E-state index contributed by atoms with van der Waals surface area (Å²) in [6.45, 7) is 3.43. The maximum atomic E-state index is 13.0. The summed E-state index contributed by atoms with van der Waals surface area (Å²) in [6, 6.07) is 7.83. The van der Waals surface area contributed by atoms with Gasteiger partial charge in [0.05, 0.1) is 11.9 Å². The first kappa shape index (κ1) is 19.0. The number of piperidine rings is 1. The van der Waals surface area contributed by atoms with Crippen molar-refractivity contribution in [1.82, 2.24) is 25.2 Å². The average molecular weight is 370 g/mol. The minimum Gasteiger partial charge on any atom is -0.354 e. The van der Waals surface area contributed by atoms with Gasteiger partial charge in [-0.3, -0.25) is 9.59 Å². The van der Waals surface area contributed by atoms with Crippen LogP contribution in [0.25, 0.3) is 5.69 Å². The Kier molecular flexibility index (Phi) is 6.18. The standard InChI is InChI=1S/C19H26N6O2/c1-14-5-4-7-15(11-14)25-13-17(22-23-25)19(27)24-10-3-2-6-16(24)12-21-18(26)8-9-20/h4-5,7,11,13,16H,2-3,6,8-10,12,20H2,1H3,(H,21,26). The van der Waals surface area contributed by atoms with Gasteiger partial charge in [0, 0.05) is 32.1 Å². The van der Waals surface area contributed by atoms with Gasteiger partial charge < -0.3 is 16.0 Å². The normalized spacial score (nSPS) is 17.0. The van der Waals surface area contributed by atoms with Crippen molar-refractivity contribution in [1.29, 1.82) is 0 Å². The van der Waals surface area contributed by atoms with Crippen LogP contribution in [0.5, 0.6) is 0 Å². The predicted molar refractivity (Wildman–Crippen MR) is 101 cm³/mol. The average Bonchev–Trinajstić information content (AvgIpc) is 3.16. The van der Waals surface area contributed by atoms with Crippen LogP contribution in [-0.2, 0) is 4.79 Å². The molecule has 1 aliphatic rings. The summed E-state index contributed by atoms with van der Waals surface area (Å²) in [5, 5.41) is 11.0. The van der Waals surface area contributed by atoms with E-state index in [2.05, 4.69) is 15.6 Å². The lowest BCUT2D eigenvalue weighted by molar-refractivity contribution is -0.121. The number of carbonyl (C=O) groups excluding carboxylic acids is 2. The van der Waals surface area contributed by atoms with E-state index in [1.807, 2.05) is 31.2 Å². The summed E-state index contributed by atoms with van der Waals surface area (Å²) < 4.78 is 1.61. The summed E-state index contributed by atoms with van der Waals surface area (Å²) in [5.41, 5.74) is 7.70. The largest absolute Gasteiger partial charge is 0.354 e. The number of benzene rings is 1. The van der Waals surface area contributed by atoms with Crippen LogP contribution in [0.3, 0.4) is 0 Å². The third-order valence-corrected chi connectivity index (χ3v) is 4.77. The molecule has 1 aromatic carbocycles. The molecule has 1 saturated heterocycles. The van der Waals surface area contributed by atoms with E-state index in [1.54, 1.807) is 15.8 Å². The van der Waals surface area contributed by atoms with Crippen LogP contribution in [0.2, 0.25) is 0 Å². The van der Waals surface area contributed by atoms with Crippen LogP contribution in [0.1, 0.15) is 41.7 Å². The molecule has 0 spiro atoms. The summed E-state index contributed by atoms with van der Waals surface area (Å²) in [7, 11) is 0. The zero-order valence-corrected chi connectivity index (χ0v) is 15.6. The maximum Gasteiger partial charge on any atom is 0.276 e. The Balaban J connectivity index is 1.70. The number of amides is 2. The van der Waals surface area contributed by atoms with Gasteiger partial charge in [-0.15, -0.1) is 5.10 Å². The van der Waals surface area contributed by atoms with Crippen LogP contribution < -0.4 is 11.1 Å². The molecule has 1 atom stereocenters. The highest BCUT2D eigenvalue weighted by atomic mass is 16.2. The van der Waals surface area contributed by atoms with E-state index < -0.39 is 0 Å². The fourth-order valence-corrected chi connectivity index (χ4v) is 3.34. The van der Waals surface area contributed by atoms with Gasteiger partial charge in [-0.25, -0.2) is 4.68 Å². The van der Waals surface area contributed by atoms with Gasteiger partial charge in [-0.2, -0.15) is 0 Å². The molecular formula is C19H26N6O2. The lowest BCUT2D eigenvalue weighted by Crippen LogP contribution is -2.49. The van der Waals surface area contributed by atoms with Crippen LogP contribution in [0.4, 0.5) is 0 Å². The molecule has 1 aromatic heterocycles. The van der Waals surface area contributed by atoms with Crippen molar-refractivity contribution in [3.63, 3.8) is 0 Å². The van der Waals surface area contributed by atoms with Gasteiger partial charge in [0.15, 0.2) is 5.69 Å². The van der Waals surface area contributed by atoms with Crippen molar-refractivity contribution in [2.45, 2.75) is 38.6 Å². The molecule has 144 valence electrons. The fourth-order valence-electron chi connectivity index (χ4n) is 3.34. The molecule has 1 fully saturated rings. The van der Waals surface area contributed by atoms with Crippen LogP contribution in [0, 0.1) is 6.92 Å². The zero-order chi connectivity index (χ0) is 19.2. The lowest BCUT2D eigenvalue weighted by Gasteiger charge is -2.35. The van der Waals surface area contributed by atoms with Crippen molar-refractivity contribution in [2.75, 3.05) is 19.6 Å². The van der Waals surface area contributed by atoms with E-state index in [0.29, 0.717) is 31.7 Å². The molecule has 2 aromatic rings. The molecule has 0 radical (unpaired) electrons. The van der Waals surface area contributed by atoms with Gasteiger partial charge in [0.2, 0.25) is 5.91 Å². The van der Waals surface area contributed by atoms with E-state index in [0.717, 1.165) is 30.5 Å². The number of nitrogens with zero attached hydrogens (tertiary/aromatic N) is 4. The number of aromatic nitrogens is 3. The van der Waals surface area contributed by atoms with Crippen molar-refractivity contribution >= 4 is 11.8 Å². The number of hydrogen-bond donors (Lipinski definition) is 2. The molecular weight excluding hydrogens is 344 g/mol. The van der Waals surface area contributed by atoms with Gasteiger partial charge in [-0.1, -0.05) is 17.3 Å². The summed E-state index contributed by atoms with van der Waals surface area (Å²) in [5.74, 6) is -0.229. The number of aryl methyl sites for hydroxylation is 1. The molecule has 3 rings (SSSR count). The van der Waals surface area contributed by atoms with Gasteiger partial charge in [-0.05, 0) is 43.9 Å². The van der Waals surface area contributed by atoms with Crippen molar-refractivity contribution in [2.24, 2.45) is 5.73 Å². The van der Waals surface area contributed by atoms with Crippen molar-refractivity contribution in [3.05, 3.63) is 41.7 Å². The minimum absolute atomic E-state index is 0.0305. The summed E-state index contributed by atoms with van der Waals surface area (Å²) in [6.07, 6.45) is 4.81. The highest BCUT2D eigenvalue weighted by Gasteiger charge is 2.29. The molecule has 0 bridgehead atoms. The summed E-state index contributed by atoms with van der Waals surface area (Å²) in [4.78, 5) is 26.5. The third-order valence-electron chi connectivity index (χ3n) is 4.77. The highest BCUT2D eigenvalue weighted by Crippen LogP contribution is 2.19. The van der Waals surface area contributed by atoms with Gasteiger partial charge in [0.25, 0.3) is 5.91 Å². The predicted octanol–water partition coefficient (Wildman–Crippen LogP) is 1.04. The molecule has 27 heavy (non-hydrogen) atoms. The van der Waals surface area contributed by atoms with Gasteiger partial charge >= 0.3 is 0 Å². The fraction of sp³-hybridized carbons (Fsp3) is 0.474. The SMILES string of the molecule is Cc1cccc(-n2cc(C(=O)N3CCCCC3CNC(=O)CCN)nn2)c1. The highest BCUT2D eigenvalue weighted by molar-refractivity contribution is 5.92. The molecule has 0 aliphatic carbocycles. The quantitative estimate of drug-likeness (QED) is 0.790. The maximum absolute atomic E-state index is 13.0. The molecule has 3 N–H and O–H groups in total. The second-order valence-electron chi connectivity index (χ2n) is 6.88. The molecule has 1 unspecified atom stereocenters. The second-order valence-corrected chi connectivity index (χ2v) is 6.88. The van der Waals surface area contributed by atoms with Crippen molar-refractivity contribution in [3.8, 4) is 5.69 Å².